The Balaban J connectivity index is 1.29. The van der Waals surface area contributed by atoms with Gasteiger partial charge in [-0.1, -0.05) is 24.0 Å². The van der Waals surface area contributed by atoms with Gasteiger partial charge in [0.2, 0.25) is 5.91 Å². The number of rotatable bonds is 4. The minimum Gasteiger partial charge on any atom is -0.373 e. The van der Waals surface area contributed by atoms with E-state index in [2.05, 4.69) is 27.1 Å². The molecule has 1 atom stereocenters. The number of anilines is 1. The van der Waals surface area contributed by atoms with Crippen molar-refractivity contribution in [2.75, 3.05) is 25.2 Å². The molecule has 8 nitrogen and oxygen atoms in total. The molecule has 0 spiro atoms. The molecule has 188 valence electrons. The number of pyridine rings is 2. The molecule has 1 unspecified atom stereocenters. The number of aliphatic hydroxyl groups is 1. The Hall–Kier alpha value is -4.06. The lowest BCUT2D eigenvalue weighted by Gasteiger charge is -2.30. The summed E-state index contributed by atoms with van der Waals surface area (Å²) in [7, 11) is 1.70. The zero-order valence-electron chi connectivity index (χ0n) is 20.8. The molecule has 1 saturated heterocycles. The highest BCUT2D eigenvalue weighted by Gasteiger charge is 2.34. The lowest BCUT2D eigenvalue weighted by Crippen LogP contribution is -2.48. The summed E-state index contributed by atoms with van der Waals surface area (Å²) in [6.45, 7) is 2.34. The molecule has 2 aromatic heterocycles. The third kappa shape index (κ3) is 5.53. The van der Waals surface area contributed by atoms with Crippen LogP contribution in [0.25, 0.3) is 0 Å². The Morgan fingerprint density at radius 3 is 2.84 bits per heavy atom. The normalized spacial score (nSPS) is 18.1. The first-order valence-electron chi connectivity index (χ1n) is 12.2. The van der Waals surface area contributed by atoms with Crippen LogP contribution in [0.15, 0.2) is 54.7 Å². The van der Waals surface area contributed by atoms with Gasteiger partial charge in [0.25, 0.3) is 5.91 Å². The molecule has 4 heterocycles. The number of aryl methyl sites for hydroxylation is 2. The summed E-state index contributed by atoms with van der Waals surface area (Å²) in [4.78, 5) is 36.7. The van der Waals surface area contributed by atoms with Crippen LogP contribution in [0.5, 0.6) is 0 Å². The fourth-order valence-corrected chi connectivity index (χ4v) is 4.48. The lowest BCUT2D eigenvalue weighted by molar-refractivity contribution is -0.140. The average molecular weight is 497 g/mol. The van der Waals surface area contributed by atoms with Gasteiger partial charge in [-0.3, -0.25) is 19.6 Å². The van der Waals surface area contributed by atoms with Crippen LogP contribution in [0.1, 0.15) is 45.0 Å². The first-order valence-corrected chi connectivity index (χ1v) is 12.2. The Kier molecular flexibility index (Phi) is 6.74. The quantitative estimate of drug-likeness (QED) is 0.537. The molecule has 0 saturated carbocycles. The van der Waals surface area contributed by atoms with Crippen LogP contribution in [-0.4, -0.2) is 58.8 Å². The number of hydrogen-bond donors (Lipinski definition) is 2. The standard InChI is InChI=1S/C29H28N4O4/c1-19-4-3-5-23(31-19)14-21-11-13-30-25(15-21)27(34)32-24-9-8-22-7-6-20(10-12-29(36)17-37-18-29)16-26(22)33(2)28(24)35/h3-7,11,13,15-16,24,36H,8-9,14,17-18H2,1-2H3,(H,32,34). The van der Waals surface area contributed by atoms with E-state index in [1.807, 2.05) is 49.4 Å². The van der Waals surface area contributed by atoms with E-state index in [0.29, 0.717) is 24.8 Å². The maximum Gasteiger partial charge on any atom is 0.270 e. The van der Waals surface area contributed by atoms with Crippen molar-refractivity contribution in [3.8, 4) is 11.8 Å². The Labute approximate surface area is 215 Å². The van der Waals surface area contributed by atoms with Crippen LogP contribution < -0.4 is 10.2 Å². The van der Waals surface area contributed by atoms with Crippen molar-refractivity contribution >= 4 is 17.5 Å². The number of nitrogens with one attached hydrogen (secondary N) is 1. The summed E-state index contributed by atoms with van der Waals surface area (Å²) in [5.41, 5.74) is 4.36. The van der Waals surface area contributed by atoms with Gasteiger partial charge in [0, 0.05) is 42.3 Å². The molecule has 0 aliphatic carbocycles. The smallest absolute Gasteiger partial charge is 0.270 e. The first kappa shape index (κ1) is 24.6. The molecule has 0 radical (unpaired) electrons. The number of amides is 2. The largest absolute Gasteiger partial charge is 0.373 e. The van der Waals surface area contributed by atoms with Gasteiger partial charge in [0.15, 0.2) is 5.60 Å². The molecule has 0 bridgehead atoms. The molecule has 1 aromatic carbocycles. The summed E-state index contributed by atoms with van der Waals surface area (Å²) in [6.07, 6.45) is 3.28. The number of benzene rings is 1. The summed E-state index contributed by atoms with van der Waals surface area (Å²) < 4.78 is 5.03. The molecule has 5 rings (SSSR count). The molecular weight excluding hydrogens is 468 g/mol. The average Bonchev–Trinajstić information content (AvgIpc) is 2.98. The number of carbonyl (C=O) groups excluding carboxylic acids is 2. The molecule has 2 N–H and O–H groups in total. The number of likely N-dealkylation sites (N-methyl/N-ethyl adjacent to an activating group) is 1. The van der Waals surface area contributed by atoms with Gasteiger partial charge >= 0.3 is 0 Å². The Morgan fingerprint density at radius 1 is 1.24 bits per heavy atom. The zero-order valence-corrected chi connectivity index (χ0v) is 20.8. The molecule has 2 amide bonds. The van der Waals surface area contributed by atoms with Gasteiger partial charge in [-0.2, -0.15) is 0 Å². The highest BCUT2D eigenvalue weighted by molar-refractivity contribution is 6.02. The van der Waals surface area contributed by atoms with Crippen LogP contribution in [0.2, 0.25) is 0 Å². The second-order valence-electron chi connectivity index (χ2n) is 9.58. The number of nitrogens with zero attached hydrogens (tertiary/aromatic N) is 3. The SMILES string of the molecule is Cc1cccc(Cc2ccnc(C(=O)NC3CCc4ccc(C#CC5(O)COC5)cc4N(C)C3=O)c2)n1. The summed E-state index contributed by atoms with van der Waals surface area (Å²) in [5, 5.41) is 13.0. The number of ether oxygens (including phenoxy) is 1. The highest BCUT2D eigenvalue weighted by Crippen LogP contribution is 2.27. The number of fused-ring (bicyclic) bond motifs is 1. The first-order chi connectivity index (χ1) is 17.8. The number of hydrogen-bond acceptors (Lipinski definition) is 6. The fourth-order valence-electron chi connectivity index (χ4n) is 4.48. The van der Waals surface area contributed by atoms with E-state index in [0.717, 1.165) is 28.2 Å². The molecule has 3 aromatic rings. The van der Waals surface area contributed by atoms with Crippen LogP contribution in [-0.2, 0) is 22.4 Å². The fraction of sp³-hybridized carbons (Fsp3) is 0.310. The molecule has 37 heavy (non-hydrogen) atoms. The van der Waals surface area contributed by atoms with Crippen molar-refractivity contribution in [3.05, 3.63) is 88.5 Å². The maximum absolute atomic E-state index is 13.3. The third-order valence-electron chi connectivity index (χ3n) is 6.59. The van der Waals surface area contributed by atoms with E-state index >= 15 is 0 Å². The Bertz CT molecular complexity index is 1420. The van der Waals surface area contributed by atoms with E-state index in [1.54, 1.807) is 24.2 Å². The highest BCUT2D eigenvalue weighted by atomic mass is 16.5. The summed E-state index contributed by atoms with van der Waals surface area (Å²) >= 11 is 0. The van der Waals surface area contributed by atoms with E-state index in [1.165, 1.54) is 0 Å². The van der Waals surface area contributed by atoms with E-state index in [9.17, 15) is 14.7 Å². The molecule has 8 heteroatoms. The zero-order chi connectivity index (χ0) is 26.0. The second-order valence-corrected chi connectivity index (χ2v) is 9.58. The maximum atomic E-state index is 13.3. The van der Waals surface area contributed by atoms with Crippen LogP contribution in [0, 0.1) is 18.8 Å². The minimum atomic E-state index is -1.11. The predicted molar refractivity (Wildman–Crippen MR) is 138 cm³/mol. The number of carbonyl (C=O) groups is 2. The number of aromatic nitrogens is 2. The van der Waals surface area contributed by atoms with E-state index < -0.39 is 11.6 Å². The van der Waals surface area contributed by atoms with Crippen LogP contribution in [0.3, 0.4) is 0 Å². The Morgan fingerprint density at radius 2 is 2.08 bits per heavy atom. The van der Waals surface area contributed by atoms with Gasteiger partial charge < -0.3 is 20.1 Å². The van der Waals surface area contributed by atoms with Crippen molar-refractivity contribution in [1.29, 1.82) is 0 Å². The van der Waals surface area contributed by atoms with E-state index in [-0.39, 0.29) is 30.7 Å². The van der Waals surface area contributed by atoms with Crippen molar-refractivity contribution in [2.45, 2.75) is 37.8 Å². The van der Waals surface area contributed by atoms with E-state index in [4.69, 9.17) is 4.74 Å². The van der Waals surface area contributed by atoms with Crippen LogP contribution in [0.4, 0.5) is 5.69 Å². The monoisotopic (exact) mass is 496 g/mol. The van der Waals surface area contributed by atoms with Gasteiger partial charge in [-0.15, -0.1) is 0 Å². The predicted octanol–water partition coefficient (Wildman–Crippen LogP) is 2.20. The topological polar surface area (TPSA) is 105 Å². The van der Waals surface area contributed by atoms with Crippen molar-refractivity contribution < 1.29 is 19.4 Å². The lowest BCUT2D eigenvalue weighted by atomic mass is 10.0. The summed E-state index contributed by atoms with van der Waals surface area (Å²) in [6, 6.07) is 14.4. The molecule has 1 fully saturated rings. The molecule has 2 aliphatic heterocycles. The summed E-state index contributed by atoms with van der Waals surface area (Å²) in [5.74, 6) is 5.23. The van der Waals surface area contributed by atoms with Gasteiger partial charge in [0.1, 0.15) is 11.7 Å². The van der Waals surface area contributed by atoms with Gasteiger partial charge in [-0.05, 0) is 67.3 Å². The minimum absolute atomic E-state index is 0.200. The van der Waals surface area contributed by atoms with Crippen molar-refractivity contribution in [3.63, 3.8) is 0 Å². The van der Waals surface area contributed by atoms with Gasteiger partial charge in [-0.25, -0.2) is 0 Å². The van der Waals surface area contributed by atoms with Crippen LogP contribution >= 0.6 is 0 Å². The second kappa shape index (κ2) is 10.1. The molecular formula is C29H28N4O4. The van der Waals surface area contributed by atoms with Crippen molar-refractivity contribution in [1.82, 2.24) is 15.3 Å². The van der Waals surface area contributed by atoms with Gasteiger partial charge in [0.05, 0.1) is 13.2 Å². The third-order valence-corrected chi connectivity index (χ3v) is 6.59. The van der Waals surface area contributed by atoms with Crippen molar-refractivity contribution in [2.24, 2.45) is 0 Å². The molecule has 2 aliphatic rings.